The molecule has 5 heteroatoms. The van der Waals surface area contributed by atoms with Crippen LogP contribution in [0.3, 0.4) is 0 Å². The van der Waals surface area contributed by atoms with Gasteiger partial charge in [-0.25, -0.2) is 4.39 Å². The van der Waals surface area contributed by atoms with Crippen LogP contribution < -0.4 is 5.32 Å². The van der Waals surface area contributed by atoms with Gasteiger partial charge in [0.15, 0.2) is 0 Å². The van der Waals surface area contributed by atoms with Crippen LogP contribution in [0.25, 0.3) is 0 Å². The SMILES string of the molecule is Cc1ccc(CN2C(=O)CCC2C(=O)NCc2ccccc2F)cc1. The van der Waals surface area contributed by atoms with E-state index in [1.807, 2.05) is 31.2 Å². The lowest BCUT2D eigenvalue weighted by atomic mass is 10.1. The molecular formula is C20H21FN2O2. The highest BCUT2D eigenvalue weighted by molar-refractivity contribution is 5.90. The molecule has 0 aromatic heterocycles. The van der Waals surface area contributed by atoms with Crippen molar-refractivity contribution in [3.05, 3.63) is 71.0 Å². The number of hydrogen-bond acceptors (Lipinski definition) is 2. The third kappa shape index (κ3) is 4.05. The molecule has 2 aromatic rings. The van der Waals surface area contributed by atoms with Gasteiger partial charge in [0.25, 0.3) is 0 Å². The first kappa shape index (κ1) is 17.1. The summed E-state index contributed by atoms with van der Waals surface area (Å²) in [6, 6.07) is 13.8. The van der Waals surface area contributed by atoms with E-state index in [1.54, 1.807) is 23.1 Å². The molecule has 2 amide bonds. The topological polar surface area (TPSA) is 49.4 Å². The van der Waals surface area contributed by atoms with Crippen molar-refractivity contribution in [2.75, 3.05) is 0 Å². The quantitative estimate of drug-likeness (QED) is 0.910. The Morgan fingerprint density at radius 1 is 1.20 bits per heavy atom. The summed E-state index contributed by atoms with van der Waals surface area (Å²) in [5, 5.41) is 2.75. The van der Waals surface area contributed by atoms with Gasteiger partial charge in [0.05, 0.1) is 0 Å². The number of likely N-dealkylation sites (tertiary alicyclic amines) is 1. The molecule has 1 fully saturated rings. The highest BCUT2D eigenvalue weighted by Crippen LogP contribution is 2.22. The molecule has 0 bridgehead atoms. The molecule has 0 radical (unpaired) electrons. The van der Waals surface area contributed by atoms with Crippen LogP contribution in [0.15, 0.2) is 48.5 Å². The smallest absolute Gasteiger partial charge is 0.243 e. The van der Waals surface area contributed by atoms with Gasteiger partial charge in [-0.05, 0) is 25.0 Å². The summed E-state index contributed by atoms with van der Waals surface area (Å²) in [4.78, 5) is 26.3. The number of carbonyl (C=O) groups excluding carboxylic acids is 2. The van der Waals surface area contributed by atoms with Crippen LogP contribution >= 0.6 is 0 Å². The third-order valence-electron chi connectivity index (χ3n) is 4.52. The summed E-state index contributed by atoms with van der Waals surface area (Å²) in [7, 11) is 0. The molecule has 1 aliphatic heterocycles. The summed E-state index contributed by atoms with van der Waals surface area (Å²) >= 11 is 0. The van der Waals surface area contributed by atoms with Crippen molar-refractivity contribution >= 4 is 11.8 Å². The third-order valence-corrected chi connectivity index (χ3v) is 4.52. The van der Waals surface area contributed by atoms with Crippen LogP contribution in [-0.4, -0.2) is 22.8 Å². The summed E-state index contributed by atoms with van der Waals surface area (Å²) in [5.74, 6) is -0.602. The van der Waals surface area contributed by atoms with E-state index >= 15 is 0 Å². The number of benzene rings is 2. The molecule has 130 valence electrons. The number of amides is 2. The minimum Gasteiger partial charge on any atom is -0.350 e. The van der Waals surface area contributed by atoms with Gasteiger partial charge in [0.1, 0.15) is 11.9 Å². The number of carbonyl (C=O) groups is 2. The van der Waals surface area contributed by atoms with Crippen LogP contribution in [0, 0.1) is 12.7 Å². The van der Waals surface area contributed by atoms with Crippen molar-refractivity contribution in [3.8, 4) is 0 Å². The van der Waals surface area contributed by atoms with E-state index in [0.717, 1.165) is 11.1 Å². The highest BCUT2D eigenvalue weighted by atomic mass is 19.1. The molecule has 4 nitrogen and oxygen atoms in total. The lowest BCUT2D eigenvalue weighted by Gasteiger charge is -2.24. The average Bonchev–Trinajstić information content (AvgIpc) is 2.97. The van der Waals surface area contributed by atoms with E-state index < -0.39 is 6.04 Å². The summed E-state index contributed by atoms with van der Waals surface area (Å²) in [6.07, 6.45) is 0.859. The molecule has 0 spiro atoms. The van der Waals surface area contributed by atoms with Gasteiger partial charge < -0.3 is 10.2 Å². The second-order valence-corrected chi connectivity index (χ2v) is 6.37. The van der Waals surface area contributed by atoms with Gasteiger partial charge in [-0.15, -0.1) is 0 Å². The van der Waals surface area contributed by atoms with Crippen molar-refractivity contribution in [2.45, 2.75) is 38.9 Å². The zero-order chi connectivity index (χ0) is 17.8. The number of aryl methyl sites for hydroxylation is 1. The fourth-order valence-corrected chi connectivity index (χ4v) is 3.04. The maximum absolute atomic E-state index is 13.7. The molecule has 0 aliphatic carbocycles. The fraction of sp³-hybridized carbons (Fsp3) is 0.300. The minimum absolute atomic E-state index is 0.0217. The predicted molar refractivity (Wildman–Crippen MR) is 93.0 cm³/mol. The van der Waals surface area contributed by atoms with Gasteiger partial charge in [-0.2, -0.15) is 0 Å². The first-order chi connectivity index (χ1) is 12.0. The Morgan fingerprint density at radius 3 is 2.64 bits per heavy atom. The molecular weight excluding hydrogens is 319 g/mol. The van der Waals surface area contributed by atoms with Crippen molar-refractivity contribution in [3.63, 3.8) is 0 Å². The van der Waals surface area contributed by atoms with Crippen molar-refractivity contribution < 1.29 is 14.0 Å². The van der Waals surface area contributed by atoms with E-state index in [-0.39, 0.29) is 24.2 Å². The maximum Gasteiger partial charge on any atom is 0.243 e. The Morgan fingerprint density at radius 2 is 1.92 bits per heavy atom. The number of nitrogens with one attached hydrogen (secondary N) is 1. The zero-order valence-electron chi connectivity index (χ0n) is 14.2. The summed E-state index contributed by atoms with van der Waals surface area (Å²) in [6.45, 7) is 2.54. The maximum atomic E-state index is 13.7. The number of nitrogens with zero attached hydrogens (tertiary/aromatic N) is 1. The lowest BCUT2D eigenvalue weighted by Crippen LogP contribution is -2.44. The lowest BCUT2D eigenvalue weighted by molar-refractivity contribution is -0.135. The predicted octanol–water partition coefficient (Wildman–Crippen LogP) is 2.94. The van der Waals surface area contributed by atoms with E-state index in [9.17, 15) is 14.0 Å². The molecule has 1 aliphatic rings. The fourth-order valence-electron chi connectivity index (χ4n) is 3.04. The molecule has 2 aromatic carbocycles. The van der Waals surface area contributed by atoms with Gasteiger partial charge in [0, 0.05) is 25.1 Å². The first-order valence-electron chi connectivity index (χ1n) is 8.41. The van der Waals surface area contributed by atoms with E-state index in [4.69, 9.17) is 0 Å². The van der Waals surface area contributed by atoms with Crippen LogP contribution in [-0.2, 0) is 22.7 Å². The molecule has 1 atom stereocenters. The van der Waals surface area contributed by atoms with E-state index in [2.05, 4.69) is 5.32 Å². The second-order valence-electron chi connectivity index (χ2n) is 6.37. The van der Waals surface area contributed by atoms with Crippen molar-refractivity contribution in [1.82, 2.24) is 10.2 Å². The standard InChI is InChI=1S/C20H21FN2O2/c1-14-6-8-15(9-7-14)13-23-18(10-11-19(23)24)20(25)22-12-16-4-2-3-5-17(16)21/h2-9,18H,10-13H2,1H3,(H,22,25). The molecule has 3 rings (SSSR count). The Hall–Kier alpha value is -2.69. The van der Waals surface area contributed by atoms with Crippen molar-refractivity contribution in [2.24, 2.45) is 0 Å². The van der Waals surface area contributed by atoms with Crippen LogP contribution in [0.5, 0.6) is 0 Å². The number of halogens is 1. The Labute approximate surface area is 146 Å². The van der Waals surface area contributed by atoms with Gasteiger partial charge >= 0.3 is 0 Å². The first-order valence-corrected chi connectivity index (χ1v) is 8.41. The largest absolute Gasteiger partial charge is 0.350 e. The Kier molecular flexibility index (Phi) is 5.12. The van der Waals surface area contributed by atoms with Crippen LogP contribution in [0.4, 0.5) is 4.39 Å². The van der Waals surface area contributed by atoms with Gasteiger partial charge in [-0.1, -0.05) is 48.0 Å². The van der Waals surface area contributed by atoms with Crippen LogP contribution in [0.1, 0.15) is 29.5 Å². The summed E-state index contributed by atoms with van der Waals surface area (Å²) < 4.78 is 13.7. The zero-order valence-corrected chi connectivity index (χ0v) is 14.2. The van der Waals surface area contributed by atoms with Crippen molar-refractivity contribution in [1.29, 1.82) is 0 Å². The molecule has 1 N–H and O–H groups in total. The molecule has 25 heavy (non-hydrogen) atoms. The Bertz CT molecular complexity index is 774. The molecule has 1 unspecified atom stereocenters. The van der Waals surface area contributed by atoms with Gasteiger partial charge in [0.2, 0.25) is 11.8 Å². The molecule has 0 saturated carbocycles. The second kappa shape index (κ2) is 7.47. The van der Waals surface area contributed by atoms with Gasteiger partial charge in [-0.3, -0.25) is 9.59 Å². The van der Waals surface area contributed by atoms with Crippen LogP contribution in [0.2, 0.25) is 0 Å². The monoisotopic (exact) mass is 340 g/mol. The number of hydrogen-bond donors (Lipinski definition) is 1. The summed E-state index contributed by atoms with van der Waals surface area (Å²) in [5.41, 5.74) is 2.58. The Balaban J connectivity index is 1.65. The molecule has 1 heterocycles. The highest BCUT2D eigenvalue weighted by Gasteiger charge is 2.35. The number of rotatable bonds is 5. The molecule has 1 saturated heterocycles. The minimum atomic E-state index is -0.499. The van der Waals surface area contributed by atoms with E-state index in [1.165, 1.54) is 6.07 Å². The average molecular weight is 340 g/mol. The van der Waals surface area contributed by atoms with E-state index in [0.29, 0.717) is 24.9 Å². The normalized spacial score (nSPS) is 17.0.